The molecule has 0 aliphatic heterocycles. The van der Waals surface area contributed by atoms with Crippen molar-refractivity contribution in [3.63, 3.8) is 0 Å². The van der Waals surface area contributed by atoms with Crippen molar-refractivity contribution < 1.29 is 4.79 Å². The molecular formula is C15H16Cl2N4O. The third-order valence-corrected chi connectivity index (χ3v) is 4.00. The molecule has 2 rings (SSSR count). The number of rotatable bonds is 5. The van der Waals surface area contributed by atoms with Gasteiger partial charge >= 0.3 is 0 Å². The fraction of sp³-hybridized carbons (Fsp3) is 0.267. The number of anilines is 1. The maximum absolute atomic E-state index is 12.2. The Morgan fingerprint density at radius 1 is 1.27 bits per heavy atom. The van der Waals surface area contributed by atoms with E-state index in [0.717, 1.165) is 5.56 Å². The highest BCUT2D eigenvalue weighted by Gasteiger charge is 2.19. The van der Waals surface area contributed by atoms with E-state index in [9.17, 15) is 4.79 Å². The molecule has 1 atom stereocenters. The fourth-order valence-corrected chi connectivity index (χ4v) is 2.16. The van der Waals surface area contributed by atoms with E-state index in [4.69, 9.17) is 23.2 Å². The van der Waals surface area contributed by atoms with Gasteiger partial charge in [0.15, 0.2) is 0 Å². The van der Waals surface area contributed by atoms with E-state index < -0.39 is 0 Å². The monoisotopic (exact) mass is 338 g/mol. The summed E-state index contributed by atoms with van der Waals surface area (Å²) in [6.07, 6.45) is 3.15. The lowest BCUT2D eigenvalue weighted by Crippen LogP contribution is -2.39. The van der Waals surface area contributed by atoms with Gasteiger partial charge in [0.1, 0.15) is 0 Å². The Balaban J connectivity index is 1.97. The number of carbonyl (C=O) groups is 1. The lowest BCUT2D eigenvalue weighted by Gasteiger charge is -2.23. The SMILES string of the molecule is CC(C(=O)Nc1ncccn1)N(C)Cc1ccc(Cl)c(Cl)c1. The highest BCUT2D eigenvalue weighted by molar-refractivity contribution is 6.42. The van der Waals surface area contributed by atoms with Crippen LogP contribution in [-0.4, -0.2) is 33.9 Å². The van der Waals surface area contributed by atoms with Crippen LogP contribution in [0.5, 0.6) is 0 Å². The second-order valence-corrected chi connectivity index (χ2v) is 5.72. The summed E-state index contributed by atoms with van der Waals surface area (Å²) in [4.78, 5) is 22.0. The zero-order chi connectivity index (χ0) is 16.1. The van der Waals surface area contributed by atoms with Gasteiger partial charge in [-0.2, -0.15) is 0 Å². The maximum atomic E-state index is 12.2. The van der Waals surface area contributed by atoms with Gasteiger partial charge in [-0.25, -0.2) is 9.97 Å². The number of carbonyl (C=O) groups excluding carboxylic acids is 1. The number of aromatic nitrogens is 2. The normalized spacial score (nSPS) is 12.2. The third kappa shape index (κ3) is 4.40. The average molecular weight is 339 g/mol. The van der Waals surface area contributed by atoms with E-state index in [2.05, 4.69) is 15.3 Å². The number of nitrogens with zero attached hydrogens (tertiary/aromatic N) is 3. The second kappa shape index (κ2) is 7.54. The predicted octanol–water partition coefficient (Wildman–Crippen LogP) is 3.24. The second-order valence-electron chi connectivity index (χ2n) is 4.90. The summed E-state index contributed by atoms with van der Waals surface area (Å²) in [5.41, 5.74) is 0.979. The molecule has 1 N–H and O–H groups in total. The lowest BCUT2D eigenvalue weighted by atomic mass is 10.2. The number of halogens is 2. The Morgan fingerprint density at radius 3 is 2.59 bits per heavy atom. The average Bonchev–Trinajstić information content (AvgIpc) is 2.51. The van der Waals surface area contributed by atoms with Crippen LogP contribution in [0.25, 0.3) is 0 Å². The molecular weight excluding hydrogens is 323 g/mol. The number of nitrogens with one attached hydrogen (secondary N) is 1. The molecule has 0 saturated carbocycles. The van der Waals surface area contributed by atoms with Crippen molar-refractivity contribution in [1.29, 1.82) is 0 Å². The Hall–Kier alpha value is -1.69. The van der Waals surface area contributed by atoms with Crippen molar-refractivity contribution in [1.82, 2.24) is 14.9 Å². The van der Waals surface area contributed by atoms with Gasteiger partial charge in [-0.15, -0.1) is 0 Å². The molecule has 0 aliphatic carbocycles. The molecule has 1 aromatic carbocycles. The van der Waals surface area contributed by atoms with Gasteiger partial charge < -0.3 is 0 Å². The topological polar surface area (TPSA) is 58.1 Å². The minimum absolute atomic E-state index is 0.172. The van der Waals surface area contributed by atoms with E-state index in [-0.39, 0.29) is 11.9 Å². The molecule has 5 nitrogen and oxygen atoms in total. The Labute approximate surface area is 139 Å². The molecule has 0 radical (unpaired) electrons. The fourth-order valence-electron chi connectivity index (χ4n) is 1.84. The lowest BCUT2D eigenvalue weighted by molar-refractivity contribution is -0.120. The number of hydrogen-bond acceptors (Lipinski definition) is 4. The first-order valence-electron chi connectivity index (χ1n) is 6.69. The molecule has 2 aromatic rings. The maximum Gasteiger partial charge on any atom is 0.243 e. The van der Waals surface area contributed by atoms with E-state index in [1.54, 1.807) is 30.6 Å². The van der Waals surface area contributed by atoms with Crippen LogP contribution >= 0.6 is 23.2 Å². The number of benzene rings is 1. The van der Waals surface area contributed by atoms with E-state index >= 15 is 0 Å². The molecule has 7 heteroatoms. The summed E-state index contributed by atoms with van der Waals surface area (Å²) in [6.45, 7) is 2.39. The van der Waals surface area contributed by atoms with Crippen molar-refractivity contribution in [2.45, 2.75) is 19.5 Å². The van der Waals surface area contributed by atoms with Gasteiger partial charge in [-0.1, -0.05) is 29.3 Å². The smallest absolute Gasteiger partial charge is 0.243 e. The number of hydrogen-bond donors (Lipinski definition) is 1. The van der Waals surface area contributed by atoms with Crippen LogP contribution in [0.3, 0.4) is 0 Å². The Bertz CT molecular complexity index is 651. The van der Waals surface area contributed by atoms with E-state index in [1.165, 1.54) is 0 Å². The quantitative estimate of drug-likeness (QED) is 0.909. The van der Waals surface area contributed by atoms with Crippen molar-refractivity contribution >= 4 is 35.1 Å². The van der Waals surface area contributed by atoms with Crippen LogP contribution in [0, 0.1) is 0 Å². The molecule has 1 amide bonds. The van der Waals surface area contributed by atoms with Crippen molar-refractivity contribution in [3.05, 3.63) is 52.3 Å². The van der Waals surface area contributed by atoms with Crippen LogP contribution in [-0.2, 0) is 11.3 Å². The highest BCUT2D eigenvalue weighted by Crippen LogP contribution is 2.23. The predicted molar refractivity (Wildman–Crippen MR) is 88.1 cm³/mol. The van der Waals surface area contributed by atoms with Crippen LogP contribution < -0.4 is 5.32 Å². The van der Waals surface area contributed by atoms with Crippen molar-refractivity contribution in [2.24, 2.45) is 0 Å². The summed E-state index contributed by atoms with van der Waals surface area (Å²) < 4.78 is 0. The van der Waals surface area contributed by atoms with E-state index in [0.29, 0.717) is 22.5 Å². The van der Waals surface area contributed by atoms with Crippen LogP contribution in [0.15, 0.2) is 36.7 Å². The molecule has 22 heavy (non-hydrogen) atoms. The minimum atomic E-state index is -0.349. The molecule has 116 valence electrons. The first-order chi connectivity index (χ1) is 10.5. The third-order valence-electron chi connectivity index (χ3n) is 3.26. The summed E-state index contributed by atoms with van der Waals surface area (Å²) in [5.74, 6) is 0.121. The van der Waals surface area contributed by atoms with E-state index in [1.807, 2.05) is 24.9 Å². The standard InChI is InChI=1S/C15H16Cl2N4O/c1-10(14(22)20-15-18-6-3-7-19-15)21(2)9-11-4-5-12(16)13(17)8-11/h3-8,10H,9H2,1-2H3,(H,18,19,20,22). The molecule has 0 saturated heterocycles. The molecule has 0 bridgehead atoms. The van der Waals surface area contributed by atoms with Gasteiger partial charge in [0, 0.05) is 18.9 Å². The van der Waals surface area contributed by atoms with Gasteiger partial charge in [0.05, 0.1) is 16.1 Å². The molecule has 0 fully saturated rings. The number of likely N-dealkylation sites (N-methyl/N-ethyl adjacent to an activating group) is 1. The molecule has 1 unspecified atom stereocenters. The zero-order valence-corrected chi connectivity index (χ0v) is 13.8. The van der Waals surface area contributed by atoms with Gasteiger partial charge in [0.25, 0.3) is 0 Å². The van der Waals surface area contributed by atoms with Gasteiger partial charge in [-0.05, 0) is 37.7 Å². The highest BCUT2D eigenvalue weighted by atomic mass is 35.5. The van der Waals surface area contributed by atoms with Gasteiger partial charge in [0.2, 0.25) is 11.9 Å². The molecule has 0 spiro atoms. The van der Waals surface area contributed by atoms with Gasteiger partial charge in [-0.3, -0.25) is 15.0 Å². The minimum Gasteiger partial charge on any atom is -0.293 e. The first kappa shape index (κ1) is 16.7. The van der Waals surface area contributed by atoms with Crippen LogP contribution in [0.4, 0.5) is 5.95 Å². The first-order valence-corrected chi connectivity index (χ1v) is 7.45. The van der Waals surface area contributed by atoms with Crippen LogP contribution in [0.2, 0.25) is 10.0 Å². The summed E-state index contributed by atoms with van der Waals surface area (Å²) in [5, 5.41) is 3.70. The number of amides is 1. The van der Waals surface area contributed by atoms with Crippen molar-refractivity contribution in [3.8, 4) is 0 Å². The van der Waals surface area contributed by atoms with Crippen molar-refractivity contribution in [2.75, 3.05) is 12.4 Å². The summed E-state index contributed by atoms with van der Waals surface area (Å²) >= 11 is 11.9. The molecule has 0 aliphatic rings. The Kier molecular flexibility index (Phi) is 5.71. The van der Waals surface area contributed by atoms with Crippen LogP contribution in [0.1, 0.15) is 12.5 Å². The largest absolute Gasteiger partial charge is 0.293 e. The zero-order valence-electron chi connectivity index (χ0n) is 12.3. The molecule has 1 aromatic heterocycles. The summed E-state index contributed by atoms with van der Waals surface area (Å²) in [6, 6.07) is 6.77. The molecule has 1 heterocycles. The summed E-state index contributed by atoms with van der Waals surface area (Å²) in [7, 11) is 1.86. The Morgan fingerprint density at radius 2 is 1.95 bits per heavy atom.